The lowest BCUT2D eigenvalue weighted by molar-refractivity contribution is 0.208. The summed E-state index contributed by atoms with van der Waals surface area (Å²) < 4.78 is 7.90. The second-order valence-corrected chi connectivity index (χ2v) is 1.44. The van der Waals surface area contributed by atoms with Crippen LogP contribution in [-0.4, -0.2) is 12.2 Å². The molecule has 0 aromatic heterocycles. The molecule has 0 N–H and O–H groups in total. The Hall–Kier alpha value is -0.600. The van der Waals surface area contributed by atoms with Gasteiger partial charge < -0.3 is 9.05 Å². The molecule has 0 fully saturated rings. The summed E-state index contributed by atoms with van der Waals surface area (Å²) in [5.74, 6) is 0. The number of carbonyl (C=O) groups excluding carboxylic acids is 2. The highest BCUT2D eigenvalue weighted by molar-refractivity contribution is 7.11. The van der Waals surface area contributed by atoms with Crippen LogP contribution in [0, 0.1) is 0 Å². The van der Waals surface area contributed by atoms with Crippen LogP contribution in [0.4, 0.5) is 9.59 Å². The Balaban J connectivity index is 3.75. The van der Waals surface area contributed by atoms with E-state index in [1.54, 1.807) is 18.9 Å². The number of azo groups is 1. The van der Waals surface area contributed by atoms with Gasteiger partial charge in [-0.2, -0.15) is 0 Å². The Labute approximate surface area is 60.9 Å². The van der Waals surface area contributed by atoms with Crippen molar-refractivity contribution in [3.05, 3.63) is 0 Å². The van der Waals surface area contributed by atoms with Crippen molar-refractivity contribution < 1.29 is 18.6 Å². The van der Waals surface area contributed by atoms with Crippen LogP contribution in [0.2, 0.25) is 0 Å². The van der Waals surface area contributed by atoms with Crippen LogP contribution < -0.4 is 0 Å². The molecule has 56 valence electrons. The SMILES string of the molecule is O=C(N=NC(=O)OP)OP. The second-order valence-electron chi connectivity index (χ2n) is 0.968. The molecule has 2 amide bonds. The van der Waals surface area contributed by atoms with Gasteiger partial charge in [-0.15, -0.1) is 0 Å². The fourth-order valence-corrected chi connectivity index (χ4v) is 0.223. The summed E-state index contributed by atoms with van der Waals surface area (Å²) in [6, 6.07) is 0. The molecule has 0 aromatic rings. The summed E-state index contributed by atoms with van der Waals surface area (Å²) in [6.07, 6.45) is -1.97. The van der Waals surface area contributed by atoms with Crippen LogP contribution in [0.1, 0.15) is 0 Å². The van der Waals surface area contributed by atoms with E-state index in [2.05, 4.69) is 19.3 Å². The van der Waals surface area contributed by atoms with Crippen LogP contribution in [0.15, 0.2) is 10.2 Å². The lowest BCUT2D eigenvalue weighted by atomic mass is 11.2. The molecule has 0 radical (unpaired) electrons. The highest BCUT2D eigenvalue weighted by atomic mass is 31.0. The van der Waals surface area contributed by atoms with Crippen molar-refractivity contribution in [1.29, 1.82) is 0 Å². The molecule has 0 bridgehead atoms. The Morgan fingerprint density at radius 2 is 1.30 bits per heavy atom. The van der Waals surface area contributed by atoms with Crippen molar-refractivity contribution in [2.75, 3.05) is 0 Å². The summed E-state index contributed by atoms with van der Waals surface area (Å²) in [6.45, 7) is 0. The van der Waals surface area contributed by atoms with Crippen LogP contribution in [0.25, 0.3) is 0 Å². The molecular formula is C2H4N2O4P2. The molecule has 0 spiro atoms. The number of nitrogens with zero attached hydrogens (tertiary/aromatic N) is 2. The molecular weight excluding hydrogens is 178 g/mol. The molecule has 8 heteroatoms. The first-order chi connectivity index (χ1) is 4.70. The second kappa shape index (κ2) is 5.21. The van der Waals surface area contributed by atoms with E-state index in [0.29, 0.717) is 0 Å². The summed E-state index contributed by atoms with van der Waals surface area (Å²) in [5.41, 5.74) is 0. The van der Waals surface area contributed by atoms with Gasteiger partial charge in [0.25, 0.3) is 0 Å². The van der Waals surface area contributed by atoms with Gasteiger partial charge in [-0.05, 0) is 0 Å². The molecule has 2 atom stereocenters. The quantitative estimate of drug-likeness (QED) is 0.417. The first-order valence-electron chi connectivity index (χ1n) is 1.94. The van der Waals surface area contributed by atoms with Gasteiger partial charge in [0.15, 0.2) is 0 Å². The number of carbonyl (C=O) groups is 2. The Morgan fingerprint density at radius 1 is 1.00 bits per heavy atom. The minimum atomic E-state index is -0.986. The normalized spacial score (nSPS) is 9.40. The molecule has 0 heterocycles. The minimum Gasteiger partial charge on any atom is -0.433 e. The van der Waals surface area contributed by atoms with E-state index in [-0.39, 0.29) is 0 Å². The highest BCUT2D eigenvalue weighted by Crippen LogP contribution is 1.95. The Morgan fingerprint density at radius 3 is 1.50 bits per heavy atom. The summed E-state index contributed by atoms with van der Waals surface area (Å²) in [7, 11) is 3.31. The van der Waals surface area contributed by atoms with Crippen molar-refractivity contribution >= 4 is 31.1 Å². The van der Waals surface area contributed by atoms with Crippen molar-refractivity contribution in [3.63, 3.8) is 0 Å². The van der Waals surface area contributed by atoms with Crippen molar-refractivity contribution in [3.8, 4) is 0 Å². The maximum absolute atomic E-state index is 10.1. The maximum Gasteiger partial charge on any atom is 0.454 e. The van der Waals surface area contributed by atoms with E-state index in [4.69, 9.17) is 0 Å². The van der Waals surface area contributed by atoms with Gasteiger partial charge in [-0.1, -0.05) is 10.2 Å². The molecule has 6 nitrogen and oxygen atoms in total. The first kappa shape index (κ1) is 9.40. The summed E-state index contributed by atoms with van der Waals surface area (Å²) >= 11 is 0. The van der Waals surface area contributed by atoms with Crippen LogP contribution >= 0.6 is 18.9 Å². The van der Waals surface area contributed by atoms with Gasteiger partial charge in [0.05, 0.1) is 18.9 Å². The highest BCUT2D eigenvalue weighted by Gasteiger charge is 1.97. The Bertz CT molecular complexity index is 151. The standard InChI is InChI=1S/C2H4N2O4P2/c5-1(7-9)3-4-2(6)8-10/h9-10H2. The molecule has 0 aliphatic carbocycles. The third-order valence-electron chi connectivity index (χ3n) is 0.415. The average Bonchev–Trinajstić information content (AvgIpc) is 1.99. The lowest BCUT2D eigenvalue weighted by Crippen LogP contribution is -1.90. The van der Waals surface area contributed by atoms with E-state index in [0.717, 1.165) is 0 Å². The minimum absolute atomic E-state index is 0.986. The van der Waals surface area contributed by atoms with Gasteiger partial charge in [0.1, 0.15) is 0 Å². The zero-order chi connectivity index (χ0) is 7.98. The van der Waals surface area contributed by atoms with Crippen molar-refractivity contribution in [2.45, 2.75) is 0 Å². The van der Waals surface area contributed by atoms with E-state index in [1.165, 1.54) is 0 Å². The van der Waals surface area contributed by atoms with Gasteiger partial charge in [0, 0.05) is 0 Å². The van der Waals surface area contributed by atoms with Crippen molar-refractivity contribution in [1.82, 2.24) is 0 Å². The summed E-state index contributed by atoms with van der Waals surface area (Å²) in [5, 5.41) is 5.54. The zero-order valence-electron chi connectivity index (χ0n) is 4.68. The van der Waals surface area contributed by atoms with Gasteiger partial charge in [-0.3, -0.25) is 0 Å². The number of hydrogen-bond acceptors (Lipinski definition) is 4. The number of hydrogen-bond donors (Lipinski definition) is 0. The molecule has 0 saturated heterocycles. The van der Waals surface area contributed by atoms with Crippen LogP contribution in [0.3, 0.4) is 0 Å². The van der Waals surface area contributed by atoms with Crippen molar-refractivity contribution in [2.24, 2.45) is 10.2 Å². The van der Waals surface area contributed by atoms with E-state index in [1.807, 2.05) is 0 Å². The fraction of sp³-hybridized carbons (Fsp3) is 0. The molecule has 0 aliphatic heterocycles. The predicted molar refractivity (Wildman–Crippen MR) is 37.2 cm³/mol. The molecule has 2 unspecified atom stereocenters. The first-order valence-corrected chi connectivity index (χ1v) is 2.88. The van der Waals surface area contributed by atoms with E-state index < -0.39 is 12.2 Å². The van der Waals surface area contributed by atoms with Crippen LogP contribution in [-0.2, 0) is 9.05 Å². The van der Waals surface area contributed by atoms with E-state index in [9.17, 15) is 9.59 Å². The maximum atomic E-state index is 10.1. The third kappa shape index (κ3) is 4.30. The zero-order valence-corrected chi connectivity index (χ0v) is 6.99. The number of rotatable bonds is 0. The largest absolute Gasteiger partial charge is 0.454 e. The topological polar surface area (TPSA) is 77.3 Å². The summed E-state index contributed by atoms with van der Waals surface area (Å²) in [4.78, 5) is 20.2. The third-order valence-corrected chi connectivity index (χ3v) is 0.818. The fourth-order valence-electron chi connectivity index (χ4n) is 0.129. The number of amides is 2. The molecule has 0 aliphatic rings. The lowest BCUT2D eigenvalue weighted by Gasteiger charge is -1.86. The molecule has 0 aromatic carbocycles. The predicted octanol–water partition coefficient (Wildman–Crippen LogP) is 1.29. The molecule has 0 rings (SSSR count). The molecule has 10 heavy (non-hydrogen) atoms. The average molecular weight is 182 g/mol. The van der Waals surface area contributed by atoms with Gasteiger partial charge >= 0.3 is 12.2 Å². The van der Waals surface area contributed by atoms with Gasteiger partial charge in [0.2, 0.25) is 0 Å². The monoisotopic (exact) mass is 182 g/mol. The Kier molecular flexibility index (Phi) is 4.89. The van der Waals surface area contributed by atoms with Gasteiger partial charge in [-0.25, -0.2) is 9.59 Å². The van der Waals surface area contributed by atoms with E-state index >= 15 is 0 Å². The van der Waals surface area contributed by atoms with Crippen LogP contribution in [0.5, 0.6) is 0 Å². The smallest absolute Gasteiger partial charge is 0.433 e. The molecule has 0 saturated carbocycles.